The van der Waals surface area contributed by atoms with Crippen molar-refractivity contribution in [3.8, 4) is 0 Å². The molecule has 0 spiro atoms. The smallest absolute Gasteiger partial charge is 0.308 e. The van der Waals surface area contributed by atoms with E-state index < -0.39 is 11.9 Å². The van der Waals surface area contributed by atoms with Crippen molar-refractivity contribution in [2.75, 3.05) is 26.7 Å². The predicted molar refractivity (Wildman–Crippen MR) is 99.5 cm³/mol. The molecule has 148 valence electrons. The van der Waals surface area contributed by atoms with Gasteiger partial charge in [-0.25, -0.2) is 0 Å². The molecule has 6 nitrogen and oxygen atoms in total. The number of amides is 2. The first kappa shape index (κ1) is 20.7. The predicted octanol–water partition coefficient (Wildman–Crippen LogP) is 2.76. The molecule has 2 fully saturated rings. The summed E-state index contributed by atoms with van der Waals surface area (Å²) in [5, 5.41) is 9.15. The molecule has 1 N–H and O–H groups in total. The average Bonchev–Trinajstić information content (AvgIpc) is 2.66. The van der Waals surface area contributed by atoms with Crippen LogP contribution < -0.4 is 0 Å². The van der Waals surface area contributed by atoms with Crippen LogP contribution in [0.2, 0.25) is 0 Å². The number of carbonyl (C=O) groups excluding carboxylic acids is 2. The summed E-state index contributed by atoms with van der Waals surface area (Å²) in [7, 11) is 1.70. The van der Waals surface area contributed by atoms with Gasteiger partial charge in [-0.15, -0.1) is 0 Å². The second-order valence-electron chi connectivity index (χ2n) is 8.07. The van der Waals surface area contributed by atoms with Gasteiger partial charge in [-0.05, 0) is 44.4 Å². The number of nitrogens with zero attached hydrogens (tertiary/aromatic N) is 2. The molecule has 2 rings (SSSR count). The Morgan fingerprint density at radius 1 is 1.08 bits per heavy atom. The summed E-state index contributed by atoms with van der Waals surface area (Å²) in [6.07, 6.45) is 9.18. The van der Waals surface area contributed by atoms with Gasteiger partial charge in [-0.2, -0.15) is 0 Å². The average molecular weight is 367 g/mol. The fourth-order valence-corrected chi connectivity index (χ4v) is 4.29. The third kappa shape index (κ3) is 5.71. The van der Waals surface area contributed by atoms with Crippen molar-refractivity contribution in [3.63, 3.8) is 0 Å². The van der Waals surface area contributed by atoms with E-state index in [0.717, 1.165) is 31.6 Å². The van der Waals surface area contributed by atoms with Crippen LogP contribution in [0.1, 0.15) is 64.7 Å². The Bertz CT molecular complexity index is 500. The lowest BCUT2D eigenvalue weighted by atomic mass is 9.79. The number of rotatable bonds is 7. The Morgan fingerprint density at radius 3 is 2.38 bits per heavy atom. The largest absolute Gasteiger partial charge is 0.481 e. The summed E-state index contributed by atoms with van der Waals surface area (Å²) in [6.45, 7) is 3.12. The molecule has 0 aromatic heterocycles. The number of aliphatic carboxylic acids is 1. The zero-order valence-corrected chi connectivity index (χ0v) is 16.3. The van der Waals surface area contributed by atoms with Crippen LogP contribution in [-0.2, 0) is 14.4 Å². The van der Waals surface area contributed by atoms with E-state index in [1.807, 2.05) is 0 Å². The number of likely N-dealkylation sites (tertiary alicyclic amines) is 1. The van der Waals surface area contributed by atoms with Gasteiger partial charge in [0.15, 0.2) is 0 Å². The SMILES string of the molecule is CCCCC1CCC(C(=O)N(C)CC(=O)N2CCCC(C(=O)O)C2)CC1. The van der Waals surface area contributed by atoms with E-state index in [-0.39, 0.29) is 30.8 Å². The van der Waals surface area contributed by atoms with Crippen molar-refractivity contribution >= 4 is 17.8 Å². The Morgan fingerprint density at radius 2 is 1.77 bits per heavy atom. The Balaban J connectivity index is 1.78. The van der Waals surface area contributed by atoms with E-state index in [9.17, 15) is 14.4 Å². The normalized spacial score (nSPS) is 26.4. The van der Waals surface area contributed by atoms with E-state index in [0.29, 0.717) is 19.4 Å². The van der Waals surface area contributed by atoms with Crippen LogP contribution in [-0.4, -0.2) is 59.4 Å². The maximum Gasteiger partial charge on any atom is 0.308 e. The van der Waals surface area contributed by atoms with Gasteiger partial charge in [0.1, 0.15) is 0 Å². The first-order valence-corrected chi connectivity index (χ1v) is 10.2. The second kappa shape index (κ2) is 9.93. The van der Waals surface area contributed by atoms with Crippen LogP contribution in [0.15, 0.2) is 0 Å². The lowest BCUT2D eigenvalue weighted by molar-refractivity contribution is -0.148. The number of unbranched alkanes of at least 4 members (excludes halogenated alkanes) is 1. The molecule has 1 aliphatic heterocycles. The van der Waals surface area contributed by atoms with Crippen LogP contribution in [0.25, 0.3) is 0 Å². The highest BCUT2D eigenvalue weighted by molar-refractivity contribution is 5.86. The van der Waals surface area contributed by atoms with E-state index >= 15 is 0 Å². The maximum atomic E-state index is 12.7. The van der Waals surface area contributed by atoms with Crippen molar-refractivity contribution in [3.05, 3.63) is 0 Å². The third-order valence-electron chi connectivity index (χ3n) is 6.03. The van der Waals surface area contributed by atoms with Crippen LogP contribution in [0.5, 0.6) is 0 Å². The first-order chi connectivity index (χ1) is 12.4. The fourth-order valence-electron chi connectivity index (χ4n) is 4.29. The molecule has 0 aromatic rings. The minimum atomic E-state index is -0.841. The molecule has 0 aromatic carbocycles. The van der Waals surface area contributed by atoms with Crippen LogP contribution in [0, 0.1) is 17.8 Å². The summed E-state index contributed by atoms with van der Waals surface area (Å²) in [5.74, 6) is -0.590. The number of hydrogen-bond acceptors (Lipinski definition) is 3. The number of carboxylic acid groups (broad SMARTS) is 1. The van der Waals surface area contributed by atoms with Gasteiger partial charge >= 0.3 is 5.97 Å². The summed E-state index contributed by atoms with van der Waals surface area (Å²) in [6, 6.07) is 0. The van der Waals surface area contributed by atoms with E-state index in [4.69, 9.17) is 5.11 Å². The number of hydrogen-bond donors (Lipinski definition) is 1. The molecule has 1 saturated carbocycles. The molecule has 1 atom stereocenters. The van der Waals surface area contributed by atoms with E-state index in [1.165, 1.54) is 19.3 Å². The molecule has 1 heterocycles. The van der Waals surface area contributed by atoms with Gasteiger partial charge in [-0.3, -0.25) is 14.4 Å². The fraction of sp³-hybridized carbons (Fsp3) is 0.850. The van der Waals surface area contributed by atoms with E-state index in [2.05, 4.69) is 6.92 Å². The van der Waals surface area contributed by atoms with Gasteiger partial charge in [0.05, 0.1) is 12.5 Å². The molecule has 1 aliphatic carbocycles. The number of piperidine rings is 1. The summed E-state index contributed by atoms with van der Waals surface area (Å²) >= 11 is 0. The number of carbonyl (C=O) groups is 3. The van der Waals surface area contributed by atoms with Gasteiger partial charge in [0.2, 0.25) is 11.8 Å². The molecule has 26 heavy (non-hydrogen) atoms. The first-order valence-electron chi connectivity index (χ1n) is 10.2. The molecule has 0 radical (unpaired) electrons. The highest BCUT2D eigenvalue weighted by atomic mass is 16.4. The minimum absolute atomic E-state index is 0.0406. The van der Waals surface area contributed by atoms with E-state index in [1.54, 1.807) is 16.8 Å². The van der Waals surface area contributed by atoms with Crippen LogP contribution >= 0.6 is 0 Å². The number of likely N-dealkylation sites (N-methyl/N-ethyl adjacent to an activating group) is 1. The topological polar surface area (TPSA) is 77.9 Å². The molecule has 2 amide bonds. The summed E-state index contributed by atoms with van der Waals surface area (Å²) in [5.41, 5.74) is 0. The van der Waals surface area contributed by atoms with Gasteiger partial charge in [-0.1, -0.05) is 26.2 Å². The molecule has 0 bridgehead atoms. The van der Waals surface area contributed by atoms with Crippen LogP contribution in [0.4, 0.5) is 0 Å². The Hall–Kier alpha value is -1.59. The standard InChI is InChI=1S/C20H34N2O4/c1-3-4-6-15-8-10-16(11-9-15)19(24)21(2)14-18(23)22-12-5-7-17(13-22)20(25)26/h15-17H,3-14H2,1-2H3,(H,25,26). The van der Waals surface area contributed by atoms with Crippen molar-refractivity contribution in [1.29, 1.82) is 0 Å². The van der Waals surface area contributed by atoms with Gasteiger partial charge < -0.3 is 14.9 Å². The zero-order valence-electron chi connectivity index (χ0n) is 16.3. The lowest BCUT2D eigenvalue weighted by Crippen LogP contribution is -2.47. The maximum absolute atomic E-state index is 12.7. The van der Waals surface area contributed by atoms with Crippen molar-refractivity contribution < 1.29 is 19.5 Å². The van der Waals surface area contributed by atoms with Gasteiger partial charge in [0, 0.05) is 26.1 Å². The van der Waals surface area contributed by atoms with Crippen LogP contribution in [0.3, 0.4) is 0 Å². The molecule has 1 saturated heterocycles. The van der Waals surface area contributed by atoms with Crippen molar-refractivity contribution in [2.24, 2.45) is 17.8 Å². The molecular weight excluding hydrogens is 332 g/mol. The quantitative estimate of drug-likeness (QED) is 0.751. The second-order valence-corrected chi connectivity index (χ2v) is 8.07. The lowest BCUT2D eigenvalue weighted by Gasteiger charge is -2.33. The monoisotopic (exact) mass is 366 g/mol. The summed E-state index contributed by atoms with van der Waals surface area (Å²) in [4.78, 5) is 39.4. The third-order valence-corrected chi connectivity index (χ3v) is 6.03. The minimum Gasteiger partial charge on any atom is -0.481 e. The summed E-state index contributed by atoms with van der Waals surface area (Å²) < 4.78 is 0. The van der Waals surface area contributed by atoms with Gasteiger partial charge in [0.25, 0.3) is 0 Å². The zero-order chi connectivity index (χ0) is 19.1. The highest BCUT2D eigenvalue weighted by Gasteiger charge is 2.31. The Kier molecular flexibility index (Phi) is 7.91. The molecule has 2 aliphatic rings. The molecular formula is C20H34N2O4. The van der Waals surface area contributed by atoms with Crippen molar-refractivity contribution in [2.45, 2.75) is 64.7 Å². The highest BCUT2D eigenvalue weighted by Crippen LogP contribution is 2.32. The number of carboxylic acids is 1. The molecule has 1 unspecified atom stereocenters. The van der Waals surface area contributed by atoms with Crippen molar-refractivity contribution in [1.82, 2.24) is 9.80 Å². The molecule has 6 heteroatoms. The Labute approximate surface area is 156 Å².